The maximum Gasteiger partial charge on any atom is 0.311 e. The molecule has 1 fully saturated rings. The molecule has 2 aromatic rings. The van der Waals surface area contributed by atoms with Crippen LogP contribution in [0, 0.1) is 5.41 Å². The molecule has 1 unspecified atom stereocenters. The Morgan fingerprint density at radius 3 is 3.10 bits per heavy atom. The Hall–Kier alpha value is -1.89. The Labute approximate surface area is 126 Å². The zero-order valence-corrected chi connectivity index (χ0v) is 12.6. The van der Waals surface area contributed by atoms with Gasteiger partial charge in [-0.05, 0) is 19.8 Å². The lowest BCUT2D eigenvalue weighted by atomic mass is 9.82. The second kappa shape index (κ2) is 5.14. The van der Waals surface area contributed by atoms with Gasteiger partial charge in [0.05, 0.1) is 11.8 Å². The van der Waals surface area contributed by atoms with Crippen molar-refractivity contribution in [1.82, 2.24) is 14.3 Å². The molecule has 1 N–H and O–H groups in total. The average Bonchev–Trinajstić information content (AvgIpc) is 3.03. The van der Waals surface area contributed by atoms with Gasteiger partial charge in [-0.3, -0.25) is 14.0 Å². The molecule has 0 aromatic carbocycles. The molecule has 112 valence electrons. The van der Waals surface area contributed by atoms with E-state index in [1.54, 1.807) is 18.0 Å². The summed E-state index contributed by atoms with van der Waals surface area (Å²) < 4.78 is 1.91. The number of hydrogen-bond acceptors (Lipinski definition) is 4. The SMILES string of the molecule is CC1(C(=O)O)CCCN(C(=O)Cc2csc3nccn23)C1. The number of carboxylic acid groups (broad SMARTS) is 1. The minimum absolute atomic E-state index is 0.0180. The molecule has 1 saturated heterocycles. The van der Waals surface area contributed by atoms with Crippen molar-refractivity contribution in [2.24, 2.45) is 5.41 Å². The smallest absolute Gasteiger partial charge is 0.311 e. The molecular weight excluding hydrogens is 290 g/mol. The Kier molecular flexibility index (Phi) is 3.44. The number of rotatable bonds is 3. The molecule has 7 heteroatoms. The van der Waals surface area contributed by atoms with Gasteiger partial charge in [0.1, 0.15) is 0 Å². The van der Waals surface area contributed by atoms with Crippen molar-refractivity contribution < 1.29 is 14.7 Å². The summed E-state index contributed by atoms with van der Waals surface area (Å²) in [4.78, 5) is 30.5. The molecule has 0 radical (unpaired) electrons. The van der Waals surface area contributed by atoms with Gasteiger partial charge in [0.25, 0.3) is 0 Å². The third-order valence-corrected chi connectivity index (χ3v) is 5.02. The summed E-state index contributed by atoms with van der Waals surface area (Å²) in [7, 11) is 0. The predicted octanol–water partition coefficient (Wildman–Crippen LogP) is 1.65. The van der Waals surface area contributed by atoms with E-state index in [1.165, 1.54) is 11.3 Å². The molecule has 1 amide bonds. The number of fused-ring (bicyclic) bond motifs is 1. The van der Waals surface area contributed by atoms with E-state index in [2.05, 4.69) is 4.98 Å². The largest absolute Gasteiger partial charge is 0.481 e. The van der Waals surface area contributed by atoms with Gasteiger partial charge in [-0.2, -0.15) is 0 Å². The van der Waals surface area contributed by atoms with Gasteiger partial charge in [0, 0.05) is 36.6 Å². The van der Waals surface area contributed by atoms with Crippen molar-refractivity contribution in [2.45, 2.75) is 26.2 Å². The number of imidazole rings is 1. The lowest BCUT2D eigenvalue weighted by Gasteiger charge is -2.37. The highest BCUT2D eigenvalue weighted by Crippen LogP contribution is 2.30. The third kappa shape index (κ3) is 2.53. The van der Waals surface area contributed by atoms with Crippen LogP contribution >= 0.6 is 11.3 Å². The van der Waals surface area contributed by atoms with Gasteiger partial charge in [-0.15, -0.1) is 11.3 Å². The Bertz CT molecular complexity index is 693. The lowest BCUT2D eigenvalue weighted by Crippen LogP contribution is -2.48. The van der Waals surface area contributed by atoms with Crippen molar-refractivity contribution in [3.05, 3.63) is 23.5 Å². The zero-order valence-electron chi connectivity index (χ0n) is 11.8. The van der Waals surface area contributed by atoms with Gasteiger partial charge in [-0.1, -0.05) is 0 Å². The molecule has 1 aliphatic heterocycles. The zero-order chi connectivity index (χ0) is 15.0. The van der Waals surface area contributed by atoms with Crippen LogP contribution in [0.3, 0.4) is 0 Å². The van der Waals surface area contributed by atoms with Gasteiger partial charge in [-0.25, -0.2) is 4.98 Å². The molecule has 3 rings (SSSR count). The van der Waals surface area contributed by atoms with Crippen LogP contribution in [-0.2, 0) is 16.0 Å². The van der Waals surface area contributed by atoms with E-state index in [-0.39, 0.29) is 12.3 Å². The molecule has 0 bridgehead atoms. The normalized spacial score (nSPS) is 22.6. The van der Waals surface area contributed by atoms with Crippen LogP contribution in [0.1, 0.15) is 25.5 Å². The predicted molar refractivity (Wildman–Crippen MR) is 78.3 cm³/mol. The number of carboxylic acids is 1. The van der Waals surface area contributed by atoms with Crippen LogP contribution in [-0.4, -0.2) is 44.4 Å². The number of amides is 1. The highest BCUT2D eigenvalue weighted by Gasteiger charge is 2.39. The van der Waals surface area contributed by atoms with E-state index in [9.17, 15) is 14.7 Å². The highest BCUT2D eigenvalue weighted by atomic mass is 32.1. The lowest BCUT2D eigenvalue weighted by molar-refractivity contribution is -0.153. The monoisotopic (exact) mass is 307 g/mol. The second-order valence-corrected chi connectivity index (χ2v) is 6.60. The van der Waals surface area contributed by atoms with E-state index >= 15 is 0 Å². The second-order valence-electron chi connectivity index (χ2n) is 5.77. The van der Waals surface area contributed by atoms with Gasteiger partial charge >= 0.3 is 5.97 Å². The summed E-state index contributed by atoms with van der Waals surface area (Å²) in [5.41, 5.74) is 0.0764. The first-order valence-corrected chi connectivity index (χ1v) is 7.78. The number of aliphatic carboxylic acids is 1. The number of hydrogen-bond donors (Lipinski definition) is 1. The molecule has 3 heterocycles. The summed E-state index contributed by atoms with van der Waals surface area (Å²) in [6.07, 6.45) is 5.19. The minimum atomic E-state index is -0.827. The molecule has 1 aliphatic rings. The fourth-order valence-corrected chi connectivity index (χ4v) is 3.65. The molecule has 21 heavy (non-hydrogen) atoms. The van der Waals surface area contributed by atoms with Crippen LogP contribution in [0.4, 0.5) is 0 Å². The fraction of sp³-hybridized carbons (Fsp3) is 0.500. The number of carbonyl (C=O) groups is 2. The molecule has 1 atom stereocenters. The van der Waals surface area contributed by atoms with E-state index < -0.39 is 11.4 Å². The van der Waals surface area contributed by atoms with Crippen LogP contribution < -0.4 is 0 Å². The fourth-order valence-electron chi connectivity index (χ4n) is 2.79. The Balaban J connectivity index is 1.73. The van der Waals surface area contributed by atoms with Gasteiger partial charge < -0.3 is 10.0 Å². The molecule has 6 nitrogen and oxygen atoms in total. The van der Waals surface area contributed by atoms with Crippen molar-refractivity contribution in [2.75, 3.05) is 13.1 Å². The van der Waals surface area contributed by atoms with Crippen LogP contribution in [0.2, 0.25) is 0 Å². The maximum atomic E-state index is 12.4. The first-order valence-electron chi connectivity index (χ1n) is 6.90. The minimum Gasteiger partial charge on any atom is -0.481 e. The van der Waals surface area contributed by atoms with E-state index in [1.807, 2.05) is 16.0 Å². The summed E-state index contributed by atoms with van der Waals surface area (Å²) in [5, 5.41) is 11.2. The molecule has 2 aromatic heterocycles. The molecule has 0 saturated carbocycles. The highest BCUT2D eigenvalue weighted by molar-refractivity contribution is 7.15. The Morgan fingerprint density at radius 1 is 1.52 bits per heavy atom. The quantitative estimate of drug-likeness (QED) is 0.935. The standard InChI is InChI=1S/C14H17N3O3S/c1-14(12(19)20)3-2-5-16(9-14)11(18)7-10-8-21-13-15-4-6-17(10)13/h4,6,8H,2-3,5,7,9H2,1H3,(H,19,20). The third-order valence-electron chi connectivity index (χ3n) is 4.11. The number of aromatic nitrogens is 2. The summed E-state index contributed by atoms with van der Waals surface area (Å²) in [6.45, 7) is 2.64. The van der Waals surface area contributed by atoms with Crippen molar-refractivity contribution in [3.63, 3.8) is 0 Å². The van der Waals surface area contributed by atoms with Crippen LogP contribution in [0.15, 0.2) is 17.8 Å². The van der Waals surface area contributed by atoms with E-state index in [0.29, 0.717) is 19.5 Å². The van der Waals surface area contributed by atoms with Crippen LogP contribution in [0.5, 0.6) is 0 Å². The van der Waals surface area contributed by atoms with E-state index in [4.69, 9.17) is 0 Å². The van der Waals surface area contributed by atoms with Crippen molar-refractivity contribution in [3.8, 4) is 0 Å². The Morgan fingerprint density at radius 2 is 2.33 bits per heavy atom. The summed E-state index contributed by atoms with van der Waals surface area (Å²) in [5.74, 6) is -0.844. The first kappa shape index (κ1) is 14.1. The van der Waals surface area contributed by atoms with Gasteiger partial charge in [0.2, 0.25) is 5.91 Å². The number of carbonyl (C=O) groups excluding carboxylic acids is 1. The van der Waals surface area contributed by atoms with E-state index in [0.717, 1.165) is 17.1 Å². The average molecular weight is 307 g/mol. The number of thiazole rings is 1. The van der Waals surface area contributed by atoms with Crippen molar-refractivity contribution >= 4 is 28.2 Å². The first-order chi connectivity index (χ1) is 9.99. The number of nitrogens with zero attached hydrogens (tertiary/aromatic N) is 3. The summed E-state index contributed by atoms with van der Waals surface area (Å²) in [6, 6.07) is 0. The van der Waals surface area contributed by atoms with Crippen LogP contribution in [0.25, 0.3) is 4.96 Å². The van der Waals surface area contributed by atoms with Gasteiger partial charge in [0.15, 0.2) is 4.96 Å². The molecule has 0 spiro atoms. The summed E-state index contributed by atoms with van der Waals surface area (Å²) >= 11 is 1.50. The van der Waals surface area contributed by atoms with Crippen molar-refractivity contribution in [1.29, 1.82) is 0 Å². The number of likely N-dealkylation sites (tertiary alicyclic amines) is 1. The number of piperidine rings is 1. The maximum absolute atomic E-state index is 12.4. The topological polar surface area (TPSA) is 74.9 Å². The molecule has 0 aliphatic carbocycles. The molecular formula is C14H17N3O3S.